The van der Waals surface area contributed by atoms with Crippen LogP contribution in [0.4, 0.5) is 11.4 Å². The fraction of sp³-hybridized carbons (Fsp3) is 0.240. The van der Waals surface area contributed by atoms with Gasteiger partial charge in [0.25, 0.3) is 15.9 Å². The molecule has 35 heavy (non-hydrogen) atoms. The second-order valence-corrected chi connectivity index (χ2v) is 9.71. The molecule has 4 rings (SSSR count). The van der Waals surface area contributed by atoms with Crippen molar-refractivity contribution in [3.05, 3.63) is 66.2 Å². The van der Waals surface area contributed by atoms with Gasteiger partial charge >= 0.3 is 0 Å². The minimum Gasteiger partial charge on any atom is -0.497 e. The maximum Gasteiger partial charge on any atom is 0.267 e. The van der Waals surface area contributed by atoms with Crippen LogP contribution in [0.2, 0.25) is 0 Å². The van der Waals surface area contributed by atoms with Crippen LogP contribution in [0.15, 0.2) is 65.6 Å². The van der Waals surface area contributed by atoms with Crippen LogP contribution in [-0.2, 0) is 14.8 Å². The Bertz CT molecular complexity index is 1340. The fourth-order valence-electron chi connectivity index (χ4n) is 3.72. The van der Waals surface area contributed by atoms with E-state index in [2.05, 4.69) is 5.32 Å². The van der Waals surface area contributed by atoms with Crippen molar-refractivity contribution in [3.63, 3.8) is 0 Å². The number of ether oxygens (including phenoxy) is 4. The van der Waals surface area contributed by atoms with E-state index in [9.17, 15) is 13.2 Å². The van der Waals surface area contributed by atoms with Gasteiger partial charge in [-0.3, -0.25) is 9.10 Å². The van der Waals surface area contributed by atoms with E-state index in [0.29, 0.717) is 34.4 Å². The molecule has 0 radical (unpaired) electrons. The van der Waals surface area contributed by atoms with Crippen LogP contribution in [0.1, 0.15) is 5.56 Å². The summed E-state index contributed by atoms with van der Waals surface area (Å²) < 4.78 is 50.0. The molecule has 0 fully saturated rings. The standard InChI is InChI=1S/C25H26N2O7S/c1-16-5-12-21-23(13-16)34-24(25(28)26-20-11-8-18(32-3)14-22(20)33-4)15-27(21)35(29,30)19-9-6-17(31-2)7-10-19/h5-14,24H,15H2,1-4H3,(H,26,28)/t24-/m1/s1. The van der Waals surface area contributed by atoms with Gasteiger partial charge in [0, 0.05) is 6.07 Å². The largest absolute Gasteiger partial charge is 0.497 e. The van der Waals surface area contributed by atoms with Gasteiger partial charge in [0.15, 0.2) is 6.10 Å². The molecule has 0 saturated heterocycles. The molecular weight excluding hydrogens is 472 g/mol. The van der Waals surface area contributed by atoms with Crippen LogP contribution in [0.25, 0.3) is 0 Å². The second-order valence-electron chi connectivity index (χ2n) is 7.84. The predicted octanol–water partition coefficient (Wildman–Crippen LogP) is 3.62. The molecule has 1 amide bonds. The van der Waals surface area contributed by atoms with Gasteiger partial charge in [-0.25, -0.2) is 8.42 Å². The first-order chi connectivity index (χ1) is 16.8. The number of fused-ring (bicyclic) bond motifs is 1. The number of amides is 1. The number of anilines is 2. The third-order valence-corrected chi connectivity index (χ3v) is 7.39. The summed E-state index contributed by atoms with van der Waals surface area (Å²) in [5.74, 6) is 1.28. The molecule has 0 aliphatic carbocycles. The number of rotatable bonds is 7. The number of carbonyl (C=O) groups excluding carboxylic acids is 1. The number of hydrogen-bond donors (Lipinski definition) is 1. The minimum atomic E-state index is -4.00. The molecular formula is C25H26N2O7S. The highest BCUT2D eigenvalue weighted by Crippen LogP contribution is 2.38. The summed E-state index contributed by atoms with van der Waals surface area (Å²) in [6.07, 6.45) is -1.11. The van der Waals surface area contributed by atoms with E-state index in [-0.39, 0.29) is 11.4 Å². The third-order valence-electron chi connectivity index (χ3n) is 5.59. The van der Waals surface area contributed by atoms with E-state index in [1.165, 1.54) is 37.8 Å². The van der Waals surface area contributed by atoms with Gasteiger partial charge in [0.1, 0.15) is 23.0 Å². The summed E-state index contributed by atoms with van der Waals surface area (Å²) in [7, 11) is 0.511. The number of methoxy groups -OCH3 is 3. The molecule has 0 aromatic heterocycles. The van der Waals surface area contributed by atoms with Gasteiger partial charge < -0.3 is 24.3 Å². The Hall–Kier alpha value is -3.92. The zero-order valence-corrected chi connectivity index (χ0v) is 20.6. The number of carbonyl (C=O) groups is 1. The smallest absolute Gasteiger partial charge is 0.267 e. The quantitative estimate of drug-likeness (QED) is 0.531. The Kier molecular flexibility index (Phi) is 6.74. The summed E-state index contributed by atoms with van der Waals surface area (Å²) in [5, 5.41) is 2.77. The molecule has 1 atom stereocenters. The highest BCUT2D eigenvalue weighted by atomic mass is 32.2. The molecule has 0 bridgehead atoms. The van der Waals surface area contributed by atoms with E-state index in [1.54, 1.807) is 48.5 Å². The summed E-state index contributed by atoms with van der Waals surface area (Å²) >= 11 is 0. The van der Waals surface area contributed by atoms with Crippen LogP contribution in [-0.4, -0.2) is 48.3 Å². The summed E-state index contributed by atoms with van der Waals surface area (Å²) in [6.45, 7) is 1.65. The Balaban J connectivity index is 1.67. The topological polar surface area (TPSA) is 103 Å². The lowest BCUT2D eigenvalue weighted by Crippen LogP contribution is -2.48. The van der Waals surface area contributed by atoms with Gasteiger partial charge in [-0.05, 0) is 61.0 Å². The molecule has 0 saturated carbocycles. The lowest BCUT2D eigenvalue weighted by atomic mass is 10.1. The average molecular weight is 499 g/mol. The van der Waals surface area contributed by atoms with Crippen molar-refractivity contribution in [1.29, 1.82) is 0 Å². The molecule has 3 aromatic carbocycles. The molecule has 0 spiro atoms. The van der Waals surface area contributed by atoms with Crippen LogP contribution in [0.3, 0.4) is 0 Å². The first-order valence-electron chi connectivity index (χ1n) is 10.7. The van der Waals surface area contributed by atoms with Crippen molar-refractivity contribution in [3.8, 4) is 23.0 Å². The van der Waals surface area contributed by atoms with Gasteiger partial charge in [0.05, 0.1) is 44.1 Å². The Morgan fingerprint density at radius 3 is 2.29 bits per heavy atom. The van der Waals surface area contributed by atoms with Crippen LogP contribution in [0, 0.1) is 6.92 Å². The fourth-order valence-corrected chi connectivity index (χ4v) is 5.19. The van der Waals surface area contributed by atoms with Crippen LogP contribution < -0.4 is 28.6 Å². The maximum atomic E-state index is 13.6. The maximum absolute atomic E-state index is 13.6. The first kappa shape index (κ1) is 24.2. The number of nitrogens with one attached hydrogen (secondary N) is 1. The average Bonchev–Trinajstić information content (AvgIpc) is 2.87. The molecule has 1 aliphatic rings. The molecule has 10 heteroatoms. The van der Waals surface area contributed by atoms with Gasteiger partial charge in [0.2, 0.25) is 0 Å². The summed E-state index contributed by atoms with van der Waals surface area (Å²) in [5.41, 5.74) is 1.63. The van der Waals surface area contributed by atoms with Crippen molar-refractivity contribution >= 4 is 27.3 Å². The zero-order valence-electron chi connectivity index (χ0n) is 19.8. The lowest BCUT2D eigenvalue weighted by molar-refractivity contribution is -0.122. The summed E-state index contributed by atoms with van der Waals surface area (Å²) in [6, 6.07) is 16.2. The van der Waals surface area contributed by atoms with Gasteiger partial charge in [-0.2, -0.15) is 0 Å². The SMILES string of the molecule is COc1ccc(S(=O)(=O)N2C[C@H](C(=O)Nc3ccc(OC)cc3OC)Oc3cc(C)ccc32)cc1. The van der Waals surface area contributed by atoms with E-state index in [1.807, 2.05) is 6.92 Å². The lowest BCUT2D eigenvalue weighted by Gasteiger charge is -2.35. The number of nitrogens with zero attached hydrogens (tertiary/aromatic N) is 1. The van der Waals surface area contributed by atoms with Gasteiger partial charge in [-0.1, -0.05) is 6.07 Å². The molecule has 1 heterocycles. The number of aryl methyl sites for hydroxylation is 1. The van der Waals surface area contributed by atoms with Crippen LogP contribution in [0.5, 0.6) is 23.0 Å². The molecule has 9 nitrogen and oxygen atoms in total. The summed E-state index contributed by atoms with van der Waals surface area (Å²) in [4.78, 5) is 13.3. The van der Waals surface area contributed by atoms with E-state index in [0.717, 1.165) is 5.56 Å². The van der Waals surface area contributed by atoms with Crippen molar-refractivity contribution < 1.29 is 32.2 Å². The highest BCUT2D eigenvalue weighted by molar-refractivity contribution is 7.92. The van der Waals surface area contributed by atoms with Crippen molar-refractivity contribution in [2.45, 2.75) is 17.9 Å². The number of sulfonamides is 1. The minimum absolute atomic E-state index is 0.0720. The van der Waals surface area contributed by atoms with E-state index < -0.39 is 22.0 Å². The third kappa shape index (κ3) is 4.83. The molecule has 1 aliphatic heterocycles. The van der Waals surface area contributed by atoms with E-state index in [4.69, 9.17) is 18.9 Å². The number of hydrogen-bond acceptors (Lipinski definition) is 7. The molecule has 1 N–H and O–H groups in total. The zero-order chi connectivity index (χ0) is 25.2. The van der Waals surface area contributed by atoms with Crippen molar-refractivity contribution in [1.82, 2.24) is 0 Å². The Morgan fingerprint density at radius 1 is 0.943 bits per heavy atom. The van der Waals surface area contributed by atoms with Crippen molar-refractivity contribution in [2.75, 3.05) is 37.5 Å². The predicted molar refractivity (Wildman–Crippen MR) is 131 cm³/mol. The van der Waals surface area contributed by atoms with Crippen LogP contribution >= 0.6 is 0 Å². The molecule has 184 valence electrons. The Morgan fingerprint density at radius 2 is 1.63 bits per heavy atom. The highest BCUT2D eigenvalue weighted by Gasteiger charge is 2.38. The van der Waals surface area contributed by atoms with E-state index >= 15 is 0 Å². The monoisotopic (exact) mass is 498 g/mol. The number of benzene rings is 3. The Labute approximate surface area is 204 Å². The van der Waals surface area contributed by atoms with Crippen molar-refractivity contribution in [2.24, 2.45) is 0 Å². The molecule has 0 unspecified atom stereocenters. The molecule has 3 aromatic rings. The van der Waals surface area contributed by atoms with Gasteiger partial charge in [-0.15, -0.1) is 0 Å². The second kappa shape index (κ2) is 9.75. The first-order valence-corrected chi connectivity index (χ1v) is 12.2. The normalized spacial score (nSPS) is 15.0.